The van der Waals surface area contributed by atoms with Crippen molar-refractivity contribution >= 4 is 11.7 Å². The molecular formula is C14H23NO2. The first-order chi connectivity index (χ1) is 8.01. The Bertz CT molecular complexity index is 348. The average molecular weight is 237 g/mol. The summed E-state index contributed by atoms with van der Waals surface area (Å²) in [5, 5.41) is 0. The largest absolute Gasteiger partial charge is 0.469 e. The molecule has 3 unspecified atom stereocenters. The number of rotatable bonds is 4. The number of hydrogen-bond acceptors (Lipinski definition) is 3. The summed E-state index contributed by atoms with van der Waals surface area (Å²) in [5.41, 5.74) is 1.88. The van der Waals surface area contributed by atoms with Crippen LogP contribution in [0.25, 0.3) is 0 Å². The number of aliphatic imine (C=N–C) groups is 1. The molecule has 2 aliphatic carbocycles. The van der Waals surface area contributed by atoms with Gasteiger partial charge in [0.15, 0.2) is 0 Å². The van der Waals surface area contributed by atoms with Gasteiger partial charge in [-0.25, -0.2) is 0 Å². The number of ether oxygens (including phenoxy) is 1. The zero-order valence-electron chi connectivity index (χ0n) is 11.3. The summed E-state index contributed by atoms with van der Waals surface area (Å²) in [7, 11) is 1.43. The van der Waals surface area contributed by atoms with Crippen molar-refractivity contribution in [1.29, 1.82) is 0 Å². The first-order valence-corrected chi connectivity index (χ1v) is 6.61. The van der Waals surface area contributed by atoms with Gasteiger partial charge in [-0.1, -0.05) is 20.8 Å². The number of esters is 1. The fraction of sp³-hybridized carbons (Fsp3) is 0.857. The zero-order chi connectivity index (χ0) is 12.6. The molecule has 0 aliphatic heterocycles. The van der Waals surface area contributed by atoms with Crippen LogP contribution >= 0.6 is 0 Å². The molecule has 3 atom stereocenters. The summed E-state index contributed by atoms with van der Waals surface area (Å²) >= 11 is 0. The summed E-state index contributed by atoms with van der Waals surface area (Å²) in [6, 6.07) is 0. The van der Waals surface area contributed by atoms with E-state index in [-0.39, 0.29) is 5.97 Å². The molecule has 2 rings (SSSR count). The van der Waals surface area contributed by atoms with Crippen LogP contribution in [-0.4, -0.2) is 25.3 Å². The summed E-state index contributed by atoms with van der Waals surface area (Å²) in [4.78, 5) is 15.6. The van der Waals surface area contributed by atoms with Gasteiger partial charge in [0.2, 0.25) is 0 Å². The average Bonchev–Trinajstić information content (AvgIpc) is 2.96. The van der Waals surface area contributed by atoms with Gasteiger partial charge in [-0.15, -0.1) is 0 Å². The van der Waals surface area contributed by atoms with Crippen LogP contribution in [0.15, 0.2) is 4.99 Å². The molecule has 0 N–H and O–H groups in total. The van der Waals surface area contributed by atoms with Crippen LogP contribution in [0.5, 0.6) is 0 Å². The molecule has 3 nitrogen and oxygen atoms in total. The smallest absolute Gasteiger partial charge is 0.307 e. The second kappa shape index (κ2) is 4.43. The number of nitrogens with zero attached hydrogens (tertiary/aromatic N) is 1. The topological polar surface area (TPSA) is 38.7 Å². The van der Waals surface area contributed by atoms with E-state index in [2.05, 4.69) is 30.5 Å². The lowest BCUT2D eigenvalue weighted by atomic mass is 9.90. The Kier molecular flexibility index (Phi) is 3.28. The lowest BCUT2D eigenvalue weighted by molar-refractivity contribution is -0.140. The Morgan fingerprint density at radius 2 is 2.29 bits per heavy atom. The van der Waals surface area contributed by atoms with Gasteiger partial charge in [-0.2, -0.15) is 0 Å². The van der Waals surface area contributed by atoms with Crippen molar-refractivity contribution in [3.8, 4) is 0 Å². The quantitative estimate of drug-likeness (QED) is 0.705. The molecule has 0 bridgehead atoms. The van der Waals surface area contributed by atoms with Crippen molar-refractivity contribution in [2.45, 2.75) is 40.0 Å². The van der Waals surface area contributed by atoms with Crippen molar-refractivity contribution in [3.63, 3.8) is 0 Å². The SMILES string of the molecule is COC(=O)CCN=C1CC2(C(C)C)CC2C1C. The molecule has 0 aromatic heterocycles. The van der Waals surface area contributed by atoms with Gasteiger partial charge >= 0.3 is 5.97 Å². The van der Waals surface area contributed by atoms with E-state index in [1.807, 2.05) is 0 Å². The number of hydrogen-bond donors (Lipinski definition) is 0. The first kappa shape index (κ1) is 12.6. The number of fused-ring (bicyclic) bond motifs is 1. The second-order valence-electron chi connectivity index (χ2n) is 5.86. The molecular weight excluding hydrogens is 214 g/mol. The van der Waals surface area contributed by atoms with E-state index in [9.17, 15) is 4.79 Å². The van der Waals surface area contributed by atoms with Gasteiger partial charge < -0.3 is 4.74 Å². The predicted octanol–water partition coefficient (Wildman–Crippen LogP) is 2.69. The van der Waals surface area contributed by atoms with Crippen molar-refractivity contribution in [2.75, 3.05) is 13.7 Å². The summed E-state index contributed by atoms with van der Waals surface area (Å²) < 4.78 is 4.62. The van der Waals surface area contributed by atoms with E-state index in [0.29, 0.717) is 24.3 Å². The van der Waals surface area contributed by atoms with Crippen LogP contribution in [-0.2, 0) is 9.53 Å². The molecule has 3 heteroatoms. The van der Waals surface area contributed by atoms with E-state index in [1.165, 1.54) is 19.2 Å². The minimum absolute atomic E-state index is 0.163. The fourth-order valence-electron chi connectivity index (χ4n) is 3.42. The molecule has 0 aromatic carbocycles. The van der Waals surface area contributed by atoms with Crippen LogP contribution in [0, 0.1) is 23.2 Å². The minimum atomic E-state index is -0.163. The Balaban J connectivity index is 1.92. The third kappa shape index (κ3) is 2.12. The zero-order valence-corrected chi connectivity index (χ0v) is 11.3. The highest BCUT2D eigenvalue weighted by atomic mass is 16.5. The molecule has 2 fully saturated rings. The highest BCUT2D eigenvalue weighted by Gasteiger charge is 2.63. The maximum absolute atomic E-state index is 11.0. The van der Waals surface area contributed by atoms with E-state index < -0.39 is 0 Å². The van der Waals surface area contributed by atoms with Crippen LogP contribution in [0.3, 0.4) is 0 Å². The van der Waals surface area contributed by atoms with Gasteiger partial charge in [-0.05, 0) is 36.0 Å². The lowest BCUT2D eigenvalue weighted by Crippen LogP contribution is -2.12. The molecule has 2 aliphatic rings. The summed E-state index contributed by atoms with van der Waals surface area (Å²) in [6.07, 6.45) is 2.94. The molecule has 2 saturated carbocycles. The highest BCUT2D eigenvalue weighted by molar-refractivity contribution is 5.91. The molecule has 0 aromatic rings. The van der Waals surface area contributed by atoms with Crippen molar-refractivity contribution < 1.29 is 9.53 Å². The Hall–Kier alpha value is -0.860. The minimum Gasteiger partial charge on any atom is -0.469 e. The number of carbonyl (C=O) groups is 1. The second-order valence-corrected chi connectivity index (χ2v) is 5.86. The molecule has 0 saturated heterocycles. The number of carbonyl (C=O) groups excluding carboxylic acids is 1. The van der Waals surface area contributed by atoms with Gasteiger partial charge in [0, 0.05) is 12.3 Å². The van der Waals surface area contributed by atoms with E-state index in [1.54, 1.807) is 0 Å². The molecule has 0 radical (unpaired) electrons. The first-order valence-electron chi connectivity index (χ1n) is 6.61. The lowest BCUT2D eigenvalue weighted by Gasteiger charge is -2.16. The Labute approximate surface area is 104 Å². The fourth-order valence-corrected chi connectivity index (χ4v) is 3.42. The maximum atomic E-state index is 11.0. The van der Waals surface area contributed by atoms with E-state index in [4.69, 9.17) is 0 Å². The number of methoxy groups -OCH3 is 1. The van der Waals surface area contributed by atoms with E-state index in [0.717, 1.165) is 18.3 Å². The van der Waals surface area contributed by atoms with Gasteiger partial charge in [0.1, 0.15) is 0 Å². The third-order valence-electron chi connectivity index (χ3n) is 4.83. The monoisotopic (exact) mass is 237 g/mol. The normalized spacial score (nSPS) is 37.4. The summed E-state index contributed by atoms with van der Waals surface area (Å²) in [6.45, 7) is 7.53. The maximum Gasteiger partial charge on any atom is 0.307 e. The van der Waals surface area contributed by atoms with Gasteiger partial charge in [-0.3, -0.25) is 9.79 Å². The van der Waals surface area contributed by atoms with Crippen molar-refractivity contribution in [1.82, 2.24) is 0 Å². The Morgan fingerprint density at radius 3 is 2.82 bits per heavy atom. The molecule has 17 heavy (non-hydrogen) atoms. The van der Waals surface area contributed by atoms with Gasteiger partial charge in [0.25, 0.3) is 0 Å². The highest BCUT2D eigenvalue weighted by Crippen LogP contribution is 2.68. The summed E-state index contributed by atoms with van der Waals surface area (Å²) in [5.74, 6) is 2.06. The van der Waals surface area contributed by atoms with Crippen LogP contribution in [0.1, 0.15) is 40.0 Å². The standard InChI is InChI=1S/C14H23NO2/c1-9(2)14-7-11(14)10(3)12(8-14)15-6-5-13(16)17-4/h9-11H,5-8H2,1-4H3. The molecule has 96 valence electrons. The van der Waals surface area contributed by atoms with Crippen LogP contribution in [0.2, 0.25) is 0 Å². The van der Waals surface area contributed by atoms with Crippen molar-refractivity contribution in [3.05, 3.63) is 0 Å². The van der Waals surface area contributed by atoms with Crippen molar-refractivity contribution in [2.24, 2.45) is 28.2 Å². The molecule has 0 amide bonds. The third-order valence-corrected chi connectivity index (χ3v) is 4.83. The van der Waals surface area contributed by atoms with Gasteiger partial charge in [0.05, 0.1) is 13.5 Å². The predicted molar refractivity (Wildman–Crippen MR) is 68.1 cm³/mol. The van der Waals surface area contributed by atoms with E-state index >= 15 is 0 Å². The molecule has 0 spiro atoms. The Morgan fingerprint density at radius 1 is 1.59 bits per heavy atom. The van der Waals surface area contributed by atoms with Crippen LogP contribution < -0.4 is 0 Å². The van der Waals surface area contributed by atoms with Crippen LogP contribution in [0.4, 0.5) is 0 Å². The molecule has 0 heterocycles.